The maximum Gasteiger partial charge on any atom is 0.295 e. The number of anilines is 1. The molecule has 0 spiro atoms. The highest BCUT2D eigenvalue weighted by molar-refractivity contribution is 14.2. The first-order valence-corrected chi connectivity index (χ1v) is 11.2. The third-order valence-electron chi connectivity index (χ3n) is 2.59. The van der Waals surface area contributed by atoms with Gasteiger partial charge in [0.25, 0.3) is 6.43 Å². The van der Waals surface area contributed by atoms with Gasteiger partial charge in [0.1, 0.15) is 10.7 Å². The van der Waals surface area contributed by atoms with Crippen molar-refractivity contribution in [2.75, 3.05) is 5.32 Å². The molecule has 23 heavy (non-hydrogen) atoms. The van der Waals surface area contributed by atoms with Crippen molar-refractivity contribution < 1.29 is 8.78 Å². The molecular weight excluding hydrogens is 456 g/mol. The third-order valence-corrected chi connectivity index (χ3v) is 4.84. The standard InChI is InChI=1S/C12H11ClF2IN4P.C2H6/c1-3-4-6(2)17-7-5-8(13)18-11-9(7)19-12(10(14)15)20(11)21-16;1-2/h3-5,10,21H,1H2,2H3,(H,17,18);1-2H3/b6-4+;. The Bertz CT molecular complexity index is 718. The van der Waals surface area contributed by atoms with Crippen LogP contribution in [0.4, 0.5) is 14.5 Å². The second-order valence-electron chi connectivity index (χ2n) is 4.07. The Morgan fingerprint density at radius 2 is 2.13 bits per heavy atom. The van der Waals surface area contributed by atoms with Gasteiger partial charge < -0.3 is 5.32 Å². The number of hydrogen-bond donors (Lipinski definition) is 1. The molecule has 9 heteroatoms. The number of allylic oxidation sites excluding steroid dienone is 3. The zero-order valence-corrected chi connectivity index (χ0v) is 16.8. The topological polar surface area (TPSA) is 42.7 Å². The molecule has 0 fully saturated rings. The average molecular weight is 473 g/mol. The fourth-order valence-electron chi connectivity index (χ4n) is 1.79. The van der Waals surface area contributed by atoms with E-state index in [-0.39, 0.29) is 17.4 Å². The molecule has 1 atom stereocenters. The number of nitrogens with one attached hydrogen (secondary N) is 1. The van der Waals surface area contributed by atoms with Crippen LogP contribution in [0.2, 0.25) is 5.15 Å². The summed E-state index contributed by atoms with van der Waals surface area (Å²) >= 11 is 7.99. The summed E-state index contributed by atoms with van der Waals surface area (Å²) in [7, 11) is 0. The van der Waals surface area contributed by atoms with Gasteiger partial charge in [0.15, 0.2) is 11.5 Å². The van der Waals surface area contributed by atoms with E-state index in [0.717, 1.165) is 5.70 Å². The first-order chi connectivity index (χ1) is 11.0. The summed E-state index contributed by atoms with van der Waals surface area (Å²) in [6, 6.07) is 1.56. The molecule has 2 heterocycles. The lowest BCUT2D eigenvalue weighted by atomic mass is 10.3. The summed E-state index contributed by atoms with van der Waals surface area (Å²) in [6.45, 7) is 9.43. The molecule has 126 valence electrons. The van der Waals surface area contributed by atoms with E-state index in [1.54, 1.807) is 18.2 Å². The highest BCUT2D eigenvalue weighted by Gasteiger charge is 2.21. The molecule has 0 aliphatic carbocycles. The number of aromatic nitrogens is 3. The fraction of sp³-hybridized carbons (Fsp3) is 0.286. The number of pyridine rings is 1. The Hall–Kier alpha value is -0.790. The minimum absolute atomic E-state index is 0.0533. The molecule has 4 nitrogen and oxygen atoms in total. The summed E-state index contributed by atoms with van der Waals surface area (Å²) in [4.78, 5) is 8.13. The van der Waals surface area contributed by atoms with E-state index in [1.807, 2.05) is 42.8 Å². The van der Waals surface area contributed by atoms with Crippen molar-refractivity contribution in [3.8, 4) is 0 Å². The monoisotopic (exact) mass is 472 g/mol. The minimum Gasteiger partial charge on any atom is -0.357 e. The lowest BCUT2D eigenvalue weighted by Gasteiger charge is -2.07. The molecule has 0 saturated carbocycles. The van der Waals surface area contributed by atoms with Crippen molar-refractivity contribution in [1.82, 2.24) is 14.3 Å². The van der Waals surface area contributed by atoms with Gasteiger partial charge in [0, 0.05) is 11.8 Å². The molecule has 0 aliphatic rings. The van der Waals surface area contributed by atoms with Crippen LogP contribution < -0.4 is 5.32 Å². The van der Waals surface area contributed by atoms with Crippen molar-refractivity contribution in [2.24, 2.45) is 0 Å². The lowest BCUT2D eigenvalue weighted by molar-refractivity contribution is 0.140. The second-order valence-corrected chi connectivity index (χ2v) is 6.52. The molecule has 2 aromatic rings. The second kappa shape index (κ2) is 9.49. The lowest BCUT2D eigenvalue weighted by Crippen LogP contribution is -1.97. The predicted octanol–water partition coefficient (Wildman–Crippen LogP) is 6.34. The van der Waals surface area contributed by atoms with Gasteiger partial charge in [-0.1, -0.05) is 38.1 Å². The SMILES string of the molecule is C=C/C=C(\C)Nc1cc(Cl)nc2c1nc(C(F)F)n2PI.CC. The van der Waals surface area contributed by atoms with Crippen LogP contribution in [0, 0.1) is 0 Å². The summed E-state index contributed by atoms with van der Waals surface area (Å²) in [5.41, 5.74) is 2.05. The molecule has 1 unspecified atom stereocenters. The molecule has 0 aromatic carbocycles. The Balaban J connectivity index is 0.00000127. The number of rotatable bonds is 5. The van der Waals surface area contributed by atoms with E-state index >= 15 is 0 Å². The van der Waals surface area contributed by atoms with Crippen molar-refractivity contribution in [3.05, 3.63) is 41.5 Å². The summed E-state index contributed by atoms with van der Waals surface area (Å²) in [6.07, 6.45) is 0.763. The molecule has 1 N–H and O–H groups in total. The number of hydrogen-bond acceptors (Lipinski definition) is 3. The van der Waals surface area contributed by atoms with Crippen LogP contribution in [-0.2, 0) is 0 Å². The Labute approximate surface area is 153 Å². The van der Waals surface area contributed by atoms with Crippen molar-refractivity contribution in [1.29, 1.82) is 0 Å². The zero-order valence-electron chi connectivity index (χ0n) is 12.9. The van der Waals surface area contributed by atoms with Crippen LogP contribution in [0.1, 0.15) is 33.0 Å². The van der Waals surface area contributed by atoms with E-state index in [9.17, 15) is 8.78 Å². The third kappa shape index (κ3) is 4.84. The molecule has 0 aliphatic heterocycles. The normalized spacial score (nSPS) is 11.9. The largest absolute Gasteiger partial charge is 0.357 e. The van der Waals surface area contributed by atoms with Crippen LogP contribution >= 0.6 is 40.0 Å². The van der Waals surface area contributed by atoms with Crippen molar-refractivity contribution in [3.63, 3.8) is 0 Å². The van der Waals surface area contributed by atoms with E-state index in [4.69, 9.17) is 11.6 Å². The maximum absolute atomic E-state index is 13.1. The van der Waals surface area contributed by atoms with Gasteiger partial charge in [-0.3, -0.25) is 4.34 Å². The van der Waals surface area contributed by atoms with E-state index in [1.165, 1.54) is 4.34 Å². The van der Waals surface area contributed by atoms with E-state index in [0.29, 0.717) is 16.9 Å². The summed E-state index contributed by atoms with van der Waals surface area (Å²) in [5, 5.41) is 3.29. The molecule has 0 radical (unpaired) electrons. The van der Waals surface area contributed by atoms with Crippen LogP contribution in [-0.4, -0.2) is 14.3 Å². The first kappa shape index (κ1) is 20.3. The van der Waals surface area contributed by atoms with E-state index in [2.05, 4.69) is 21.9 Å². The molecular formula is C14H17ClF2IN4P. The van der Waals surface area contributed by atoms with Crippen LogP contribution in [0.3, 0.4) is 0 Å². The number of nitrogens with zero attached hydrogens (tertiary/aromatic N) is 3. The van der Waals surface area contributed by atoms with Gasteiger partial charge >= 0.3 is 0 Å². The highest BCUT2D eigenvalue weighted by Crippen LogP contribution is 2.37. The molecule has 2 rings (SSSR count). The number of halogens is 4. The average Bonchev–Trinajstić information content (AvgIpc) is 2.88. The van der Waals surface area contributed by atoms with Gasteiger partial charge in [-0.05, 0) is 35.0 Å². The number of alkyl halides is 2. The van der Waals surface area contributed by atoms with Crippen molar-refractivity contribution >= 4 is 56.9 Å². The van der Waals surface area contributed by atoms with Crippen LogP contribution in [0.5, 0.6) is 0 Å². The van der Waals surface area contributed by atoms with Gasteiger partial charge in [-0.2, -0.15) is 0 Å². The molecule has 2 aromatic heterocycles. The number of imidazole rings is 1. The fourth-order valence-corrected chi connectivity index (χ4v) is 3.88. The predicted molar refractivity (Wildman–Crippen MR) is 104 cm³/mol. The Morgan fingerprint density at radius 1 is 1.48 bits per heavy atom. The van der Waals surface area contributed by atoms with Crippen LogP contribution in [0.15, 0.2) is 30.5 Å². The van der Waals surface area contributed by atoms with Gasteiger partial charge in [-0.15, -0.1) is 0 Å². The zero-order chi connectivity index (χ0) is 17.6. The quantitative estimate of drug-likeness (QED) is 0.239. The Kier molecular flexibility index (Phi) is 8.36. The maximum atomic E-state index is 13.1. The van der Waals surface area contributed by atoms with Crippen molar-refractivity contribution in [2.45, 2.75) is 27.2 Å². The first-order valence-electron chi connectivity index (χ1n) is 6.78. The van der Waals surface area contributed by atoms with Gasteiger partial charge in [0.05, 0.1) is 12.1 Å². The minimum atomic E-state index is -2.67. The van der Waals surface area contributed by atoms with Gasteiger partial charge in [-0.25, -0.2) is 18.7 Å². The molecule has 0 saturated heterocycles. The summed E-state index contributed by atoms with van der Waals surface area (Å²) in [5.74, 6) is -0.305. The molecule has 0 bridgehead atoms. The smallest absolute Gasteiger partial charge is 0.295 e. The van der Waals surface area contributed by atoms with Crippen LogP contribution in [0.25, 0.3) is 11.2 Å². The number of fused-ring (bicyclic) bond motifs is 1. The van der Waals surface area contributed by atoms with Gasteiger partial charge in [0.2, 0.25) is 0 Å². The van der Waals surface area contributed by atoms with E-state index < -0.39 is 6.43 Å². The molecule has 0 amide bonds. The Morgan fingerprint density at radius 3 is 2.65 bits per heavy atom. The summed E-state index contributed by atoms with van der Waals surface area (Å²) < 4.78 is 27.5. The highest BCUT2D eigenvalue weighted by atomic mass is 127.